The van der Waals surface area contributed by atoms with Crippen LogP contribution >= 0.6 is 34.8 Å². The summed E-state index contributed by atoms with van der Waals surface area (Å²) in [6.45, 7) is 1.21. The molecule has 0 atom stereocenters. The molecular weight excluding hydrogens is 307 g/mol. The molecule has 1 aromatic rings. The minimum atomic E-state index is -1.41. The molecule has 0 unspecified atom stereocenters. The minimum Gasteiger partial charge on any atom is -0.378 e. The van der Waals surface area contributed by atoms with Crippen LogP contribution in [0.4, 0.5) is 4.39 Å². The smallest absolute Gasteiger partial charge is 0.249 e. The topological polar surface area (TPSA) is 55.4 Å². The second kappa shape index (κ2) is 6.22. The third-order valence-electron chi connectivity index (χ3n) is 1.79. The first-order valence-corrected chi connectivity index (χ1v) is 5.83. The van der Waals surface area contributed by atoms with Crippen molar-refractivity contribution in [2.24, 2.45) is 0 Å². The highest BCUT2D eigenvalue weighted by Crippen LogP contribution is 2.28. The number of carbonyl (C=O) groups excluding carboxylic acids is 2. The highest BCUT2D eigenvalue weighted by Gasteiger charge is 2.21. The van der Waals surface area contributed by atoms with Crippen molar-refractivity contribution < 1.29 is 18.8 Å². The van der Waals surface area contributed by atoms with Crippen molar-refractivity contribution in [3.05, 3.63) is 28.5 Å². The van der Waals surface area contributed by atoms with Crippen LogP contribution in [0.1, 0.15) is 17.3 Å². The van der Waals surface area contributed by atoms with Gasteiger partial charge in [0.1, 0.15) is 5.82 Å². The number of carbonyl (C=O) groups is 2. The van der Waals surface area contributed by atoms with E-state index in [0.717, 1.165) is 12.1 Å². The summed E-state index contributed by atoms with van der Waals surface area (Å²) in [7, 11) is 0. The van der Waals surface area contributed by atoms with E-state index in [1.807, 2.05) is 5.48 Å². The van der Waals surface area contributed by atoms with Gasteiger partial charge in [0, 0.05) is 6.92 Å². The number of ketones is 1. The number of halogens is 4. The normalized spacial score (nSPS) is 10.3. The zero-order valence-corrected chi connectivity index (χ0v) is 11.2. The third-order valence-corrected chi connectivity index (χ3v) is 2.48. The minimum absolute atomic E-state index is 0.0920. The second-order valence-corrected chi connectivity index (χ2v) is 4.69. The Bertz CT molecular complexity index is 494. The van der Waals surface area contributed by atoms with Gasteiger partial charge in [0.05, 0.1) is 10.6 Å². The number of alkyl halides is 2. The molecule has 0 aliphatic carbocycles. The predicted molar refractivity (Wildman–Crippen MR) is 65.7 cm³/mol. The molecule has 1 N–H and O–H groups in total. The molecule has 0 heterocycles. The van der Waals surface area contributed by atoms with Crippen LogP contribution in [0.5, 0.6) is 5.75 Å². The van der Waals surface area contributed by atoms with Crippen LogP contribution in [0, 0.1) is 5.82 Å². The molecule has 0 bridgehead atoms. The first-order valence-electron chi connectivity index (χ1n) is 4.57. The molecule has 18 heavy (non-hydrogen) atoms. The standard InChI is InChI=1S/C10H7Cl3FNO3/c1-4(16)15-18-8-2-5(9(17)10(12)13)7(14)3-6(8)11/h2-3,10H,1H3,(H,15,16). The molecule has 0 fully saturated rings. The van der Waals surface area contributed by atoms with Crippen LogP contribution < -0.4 is 10.3 Å². The van der Waals surface area contributed by atoms with Crippen molar-refractivity contribution in [2.75, 3.05) is 0 Å². The maximum absolute atomic E-state index is 13.5. The maximum atomic E-state index is 13.5. The molecule has 8 heteroatoms. The van der Waals surface area contributed by atoms with E-state index in [-0.39, 0.29) is 16.3 Å². The zero-order chi connectivity index (χ0) is 13.9. The van der Waals surface area contributed by atoms with Crippen LogP contribution in [0.25, 0.3) is 0 Å². The van der Waals surface area contributed by atoms with E-state index < -0.39 is 22.3 Å². The molecule has 0 saturated heterocycles. The summed E-state index contributed by atoms with van der Waals surface area (Å²) in [6, 6.07) is 1.87. The molecule has 1 rings (SSSR count). The fourth-order valence-electron chi connectivity index (χ4n) is 1.04. The van der Waals surface area contributed by atoms with Gasteiger partial charge in [0.25, 0.3) is 0 Å². The summed E-state index contributed by atoms with van der Waals surface area (Å²) in [5.74, 6) is -2.30. The molecule has 0 spiro atoms. The number of hydrogen-bond donors (Lipinski definition) is 1. The van der Waals surface area contributed by atoms with E-state index in [1.54, 1.807) is 0 Å². The summed E-state index contributed by atoms with van der Waals surface area (Å²) in [6.07, 6.45) is 0. The van der Waals surface area contributed by atoms with E-state index in [0.29, 0.717) is 0 Å². The van der Waals surface area contributed by atoms with Crippen LogP contribution in [-0.2, 0) is 4.79 Å². The number of nitrogens with one attached hydrogen (secondary N) is 1. The van der Waals surface area contributed by atoms with Crippen LogP contribution in [0.15, 0.2) is 12.1 Å². The molecule has 0 aromatic heterocycles. The average molecular weight is 315 g/mol. The van der Waals surface area contributed by atoms with Gasteiger partial charge >= 0.3 is 0 Å². The highest BCUT2D eigenvalue weighted by atomic mass is 35.5. The van der Waals surface area contributed by atoms with Crippen LogP contribution in [0.3, 0.4) is 0 Å². The van der Waals surface area contributed by atoms with Crippen molar-refractivity contribution in [1.82, 2.24) is 5.48 Å². The molecule has 98 valence electrons. The van der Waals surface area contributed by atoms with E-state index in [9.17, 15) is 14.0 Å². The first-order chi connectivity index (χ1) is 8.32. The summed E-state index contributed by atoms with van der Waals surface area (Å²) < 4.78 is 13.5. The van der Waals surface area contributed by atoms with Crippen molar-refractivity contribution in [2.45, 2.75) is 11.8 Å². The van der Waals surface area contributed by atoms with Gasteiger partial charge < -0.3 is 4.84 Å². The zero-order valence-electron chi connectivity index (χ0n) is 8.97. The Kier molecular flexibility index (Phi) is 5.19. The largest absolute Gasteiger partial charge is 0.378 e. The SMILES string of the molecule is CC(=O)NOc1cc(C(=O)C(Cl)Cl)c(F)cc1Cl. The van der Waals surface area contributed by atoms with Gasteiger partial charge in [-0.25, -0.2) is 4.39 Å². The fourth-order valence-corrected chi connectivity index (χ4v) is 1.46. The summed E-state index contributed by atoms with van der Waals surface area (Å²) in [5, 5.41) is -0.113. The van der Waals surface area contributed by atoms with Crippen LogP contribution in [-0.4, -0.2) is 16.5 Å². The first kappa shape index (κ1) is 15.0. The van der Waals surface area contributed by atoms with E-state index in [4.69, 9.17) is 39.6 Å². The summed E-state index contributed by atoms with van der Waals surface area (Å²) in [4.78, 5) is 25.5. The van der Waals surface area contributed by atoms with Crippen molar-refractivity contribution in [1.29, 1.82) is 0 Å². The molecule has 1 aromatic carbocycles. The fraction of sp³-hybridized carbons (Fsp3) is 0.200. The predicted octanol–water partition coefficient (Wildman–Crippen LogP) is 2.90. The number of rotatable bonds is 4. The monoisotopic (exact) mass is 313 g/mol. The molecule has 0 radical (unpaired) electrons. The Hall–Kier alpha value is -1.04. The molecule has 0 aliphatic heterocycles. The van der Waals surface area contributed by atoms with E-state index in [1.165, 1.54) is 6.92 Å². The summed E-state index contributed by atoms with van der Waals surface area (Å²) >= 11 is 16.4. The Morgan fingerprint density at radius 1 is 1.39 bits per heavy atom. The average Bonchev–Trinajstić information content (AvgIpc) is 2.26. The Morgan fingerprint density at radius 2 is 2.00 bits per heavy atom. The summed E-state index contributed by atoms with van der Waals surface area (Å²) in [5.41, 5.74) is 1.61. The van der Waals surface area contributed by atoms with Gasteiger partial charge in [0.2, 0.25) is 5.91 Å². The third kappa shape index (κ3) is 3.73. The van der Waals surface area contributed by atoms with Gasteiger partial charge in [0.15, 0.2) is 16.4 Å². The Balaban J connectivity index is 3.10. The van der Waals surface area contributed by atoms with Crippen molar-refractivity contribution >= 4 is 46.5 Å². The Labute approximate surface area is 117 Å². The second-order valence-electron chi connectivity index (χ2n) is 3.19. The van der Waals surface area contributed by atoms with Crippen LogP contribution in [0.2, 0.25) is 5.02 Å². The number of amides is 1. The molecular formula is C10H7Cl3FNO3. The molecule has 1 amide bonds. The Morgan fingerprint density at radius 3 is 2.50 bits per heavy atom. The maximum Gasteiger partial charge on any atom is 0.249 e. The lowest BCUT2D eigenvalue weighted by molar-refractivity contribution is -0.125. The number of hydrogen-bond acceptors (Lipinski definition) is 3. The van der Waals surface area contributed by atoms with Gasteiger partial charge in [-0.15, -0.1) is 0 Å². The van der Waals surface area contributed by atoms with Gasteiger partial charge in [-0.2, -0.15) is 5.48 Å². The lowest BCUT2D eigenvalue weighted by Gasteiger charge is -2.09. The highest BCUT2D eigenvalue weighted by molar-refractivity contribution is 6.55. The van der Waals surface area contributed by atoms with Gasteiger partial charge in [-0.3, -0.25) is 9.59 Å². The van der Waals surface area contributed by atoms with Crippen molar-refractivity contribution in [3.63, 3.8) is 0 Å². The lowest BCUT2D eigenvalue weighted by Crippen LogP contribution is -2.24. The quantitative estimate of drug-likeness (QED) is 0.528. The number of hydroxylamine groups is 1. The lowest BCUT2D eigenvalue weighted by atomic mass is 10.1. The molecule has 4 nitrogen and oxygen atoms in total. The molecule has 0 aliphatic rings. The molecule has 0 saturated carbocycles. The number of Topliss-reactive ketones (excluding diaryl/α,β-unsaturated/α-hetero) is 1. The van der Waals surface area contributed by atoms with Gasteiger partial charge in [-0.05, 0) is 12.1 Å². The number of benzene rings is 1. The van der Waals surface area contributed by atoms with E-state index >= 15 is 0 Å². The van der Waals surface area contributed by atoms with Gasteiger partial charge in [-0.1, -0.05) is 34.8 Å². The van der Waals surface area contributed by atoms with Crippen molar-refractivity contribution in [3.8, 4) is 5.75 Å². The van der Waals surface area contributed by atoms with E-state index in [2.05, 4.69) is 0 Å².